The zero-order valence-electron chi connectivity index (χ0n) is 8.15. The summed E-state index contributed by atoms with van der Waals surface area (Å²) in [5.74, 6) is -0.792. The van der Waals surface area contributed by atoms with Crippen molar-refractivity contribution in [2.75, 3.05) is 0 Å². The fourth-order valence-electron chi connectivity index (χ4n) is 0.0779. The largest absolute Gasteiger partial charge is 0.466 e. The summed E-state index contributed by atoms with van der Waals surface area (Å²) in [6.45, 7) is 6.08. The molecule has 0 unspecified atom stereocenters. The van der Waals surface area contributed by atoms with E-state index in [1.165, 1.54) is 13.8 Å². The third kappa shape index (κ3) is 63.4. The van der Waals surface area contributed by atoms with E-state index in [1.807, 2.05) is 0 Å². The molecule has 0 atom stereocenters. The van der Waals surface area contributed by atoms with Gasteiger partial charge in [0, 0.05) is 5.57 Å². The van der Waals surface area contributed by atoms with Crippen LogP contribution in [0.2, 0.25) is 0 Å². The van der Waals surface area contributed by atoms with Gasteiger partial charge >= 0.3 is 13.8 Å². The van der Waals surface area contributed by atoms with Crippen LogP contribution in [0.25, 0.3) is 0 Å². The quantitative estimate of drug-likeness (QED) is 0.164. The molecule has 90 valence electrons. The van der Waals surface area contributed by atoms with Gasteiger partial charge in [-0.15, -0.1) is 0 Å². The van der Waals surface area contributed by atoms with Gasteiger partial charge in [-0.05, 0) is 13.8 Å². The predicted molar refractivity (Wildman–Crippen MR) is 49.5 cm³/mol. The summed E-state index contributed by atoms with van der Waals surface area (Å²) in [4.78, 5) is 43.6. The molecule has 0 aromatic rings. The summed E-state index contributed by atoms with van der Waals surface area (Å²) >= 11 is 0. The van der Waals surface area contributed by atoms with Crippen molar-refractivity contribution in [3.8, 4) is 0 Å². The van der Waals surface area contributed by atoms with Crippen LogP contribution in [-0.2, 0) is 19.0 Å². The van der Waals surface area contributed by atoms with Crippen LogP contribution >= 0.6 is 7.82 Å². The minimum atomic E-state index is -4.64. The monoisotopic (exact) mass is 244 g/mol. The second-order valence-electron chi connectivity index (χ2n) is 1.91. The highest BCUT2D eigenvalue weighted by molar-refractivity contribution is 7.45. The van der Waals surface area contributed by atoms with Crippen LogP contribution in [0.4, 0.5) is 0 Å². The van der Waals surface area contributed by atoms with Crippen molar-refractivity contribution in [1.29, 1.82) is 0 Å². The Labute approximate surface area is 86.0 Å². The van der Waals surface area contributed by atoms with Gasteiger partial charge in [-0.25, -0.2) is 9.36 Å². The Morgan fingerprint density at radius 2 is 1.60 bits per heavy atom. The van der Waals surface area contributed by atoms with Gasteiger partial charge in [-0.1, -0.05) is 6.58 Å². The maximum absolute atomic E-state index is 9.94. The Balaban J connectivity index is -0.000000158. The second kappa shape index (κ2) is 11.0. The molecule has 0 fully saturated rings. The lowest BCUT2D eigenvalue weighted by Crippen LogP contribution is -1.99. The topological polar surface area (TPSA) is 141 Å². The van der Waals surface area contributed by atoms with Crippen LogP contribution in [0, 0.1) is 0 Å². The number of aldehydes is 1. The predicted octanol–water partition coefficient (Wildman–Crippen LogP) is -0.145. The third-order valence-corrected chi connectivity index (χ3v) is 0.431. The van der Waals surface area contributed by atoms with Gasteiger partial charge in [0.2, 0.25) is 0 Å². The highest BCUT2D eigenvalue weighted by atomic mass is 31.2. The Kier molecular flexibility index (Phi) is 14.3. The zero-order chi connectivity index (χ0) is 13.1. The van der Waals surface area contributed by atoms with Crippen molar-refractivity contribution in [2.45, 2.75) is 13.8 Å². The van der Waals surface area contributed by atoms with Crippen molar-refractivity contribution in [3.05, 3.63) is 12.2 Å². The summed E-state index contributed by atoms with van der Waals surface area (Å²) in [6, 6.07) is 0. The molecule has 0 aliphatic carbocycles. The van der Waals surface area contributed by atoms with E-state index in [4.69, 9.17) is 29.3 Å². The molecule has 0 bridgehead atoms. The first-order chi connectivity index (χ1) is 6.59. The first-order valence-corrected chi connectivity index (χ1v) is 4.86. The highest BCUT2D eigenvalue weighted by Gasteiger charge is 2.00. The molecule has 0 amide bonds. The normalized spacial score (nSPS) is 8.40. The van der Waals surface area contributed by atoms with Crippen LogP contribution < -0.4 is 0 Å². The standard InChI is InChI=1S/C4H6O3.C2H4O.H3O4P/c1-3(2)4(5)7-6;1-2-3;1-5(2,3)4/h6H,1H2,2H3;2H,1H3;(H3,1,2,3,4). The Hall–Kier alpha value is -1.05. The molecule has 15 heavy (non-hydrogen) atoms. The molecule has 0 radical (unpaired) electrons. The molecule has 4 N–H and O–H groups in total. The average molecular weight is 244 g/mol. The van der Waals surface area contributed by atoms with Gasteiger partial charge in [0.15, 0.2) is 0 Å². The molecule has 0 saturated carbocycles. The summed E-state index contributed by atoms with van der Waals surface area (Å²) in [5.41, 5.74) is 0.183. The fraction of sp³-hybridized carbons (Fsp3) is 0.333. The molecular weight excluding hydrogens is 231 g/mol. The van der Waals surface area contributed by atoms with Gasteiger partial charge in [0.25, 0.3) is 0 Å². The Bertz CT molecular complexity index is 233. The average Bonchev–Trinajstić information content (AvgIpc) is 2.01. The van der Waals surface area contributed by atoms with Crippen molar-refractivity contribution in [2.24, 2.45) is 0 Å². The first kappa shape index (κ1) is 19.5. The van der Waals surface area contributed by atoms with Crippen LogP contribution in [0.1, 0.15) is 13.8 Å². The smallest absolute Gasteiger partial charge is 0.304 e. The van der Waals surface area contributed by atoms with Gasteiger partial charge in [-0.2, -0.15) is 5.26 Å². The molecular formula is C6H13O8P. The molecule has 8 nitrogen and oxygen atoms in total. The number of hydrogen-bond acceptors (Lipinski definition) is 5. The SMILES string of the molecule is C=C(C)C(=O)OO.CC=O.O=P(O)(O)O. The van der Waals surface area contributed by atoms with Crippen molar-refractivity contribution in [3.63, 3.8) is 0 Å². The Morgan fingerprint density at radius 1 is 1.40 bits per heavy atom. The number of carbonyl (C=O) groups excluding carboxylic acids is 2. The van der Waals surface area contributed by atoms with E-state index < -0.39 is 13.8 Å². The number of rotatable bonds is 1. The van der Waals surface area contributed by atoms with Crippen molar-refractivity contribution in [1.82, 2.24) is 0 Å². The highest BCUT2D eigenvalue weighted by Crippen LogP contribution is 2.25. The summed E-state index contributed by atoms with van der Waals surface area (Å²) in [7, 11) is -4.64. The fourth-order valence-corrected chi connectivity index (χ4v) is 0.0779. The molecule has 0 saturated heterocycles. The van der Waals surface area contributed by atoms with Gasteiger partial charge in [0.1, 0.15) is 6.29 Å². The van der Waals surface area contributed by atoms with E-state index >= 15 is 0 Å². The minimum Gasteiger partial charge on any atom is -0.304 e. The number of phosphoric acid groups is 1. The Morgan fingerprint density at radius 3 is 1.60 bits per heavy atom. The molecule has 0 rings (SSSR count). The van der Waals surface area contributed by atoms with E-state index in [9.17, 15) is 4.79 Å². The second-order valence-corrected chi connectivity index (χ2v) is 2.93. The molecule has 0 aromatic carbocycles. The molecule has 0 spiro atoms. The molecule has 9 heteroatoms. The van der Waals surface area contributed by atoms with Crippen molar-refractivity contribution < 1.29 is 39.0 Å². The minimum absolute atomic E-state index is 0.183. The maximum atomic E-state index is 9.94. The summed E-state index contributed by atoms with van der Waals surface area (Å²) < 4.78 is 8.88. The lowest BCUT2D eigenvalue weighted by atomic mass is 10.4. The van der Waals surface area contributed by atoms with Crippen LogP contribution in [0.15, 0.2) is 12.2 Å². The van der Waals surface area contributed by atoms with E-state index in [0.717, 1.165) is 6.29 Å². The van der Waals surface area contributed by atoms with E-state index in [0.29, 0.717) is 0 Å². The van der Waals surface area contributed by atoms with E-state index in [1.54, 1.807) is 0 Å². The lowest BCUT2D eigenvalue weighted by molar-refractivity contribution is -0.229. The zero-order valence-corrected chi connectivity index (χ0v) is 9.05. The maximum Gasteiger partial charge on any atom is 0.466 e. The molecule has 0 aliphatic heterocycles. The summed E-state index contributed by atoms with van der Waals surface area (Å²) in [5, 5.41) is 7.59. The van der Waals surface area contributed by atoms with E-state index in [-0.39, 0.29) is 5.57 Å². The number of carbonyl (C=O) groups is 2. The van der Waals surface area contributed by atoms with E-state index in [2.05, 4.69) is 11.5 Å². The first-order valence-electron chi connectivity index (χ1n) is 3.29. The number of hydrogen-bond donors (Lipinski definition) is 4. The van der Waals surface area contributed by atoms with Crippen LogP contribution in [0.5, 0.6) is 0 Å². The summed E-state index contributed by atoms with van der Waals surface area (Å²) in [6.07, 6.45) is 0.750. The molecule has 0 aliphatic rings. The van der Waals surface area contributed by atoms with Gasteiger partial charge < -0.3 is 19.5 Å². The van der Waals surface area contributed by atoms with Gasteiger partial charge in [0.05, 0.1) is 0 Å². The van der Waals surface area contributed by atoms with Crippen LogP contribution in [-0.4, -0.2) is 32.2 Å². The van der Waals surface area contributed by atoms with Crippen LogP contribution in [0.3, 0.4) is 0 Å². The molecule has 0 aromatic heterocycles. The lowest BCUT2D eigenvalue weighted by Gasteiger charge is -1.88. The van der Waals surface area contributed by atoms with Gasteiger partial charge in [-0.3, -0.25) is 4.89 Å². The third-order valence-electron chi connectivity index (χ3n) is 0.431. The van der Waals surface area contributed by atoms with Crippen molar-refractivity contribution >= 4 is 20.1 Å². The molecule has 0 heterocycles.